The quantitative estimate of drug-likeness (QED) is 0.785. The van der Waals surface area contributed by atoms with Gasteiger partial charge in [-0.1, -0.05) is 18.2 Å². The van der Waals surface area contributed by atoms with Gasteiger partial charge in [-0.15, -0.1) is 12.4 Å². The first-order chi connectivity index (χ1) is 11.0. The molecule has 1 amide bonds. The molecule has 24 heavy (non-hydrogen) atoms. The van der Waals surface area contributed by atoms with Crippen molar-refractivity contribution in [2.75, 3.05) is 20.0 Å². The molecule has 0 radical (unpaired) electrons. The molecular formula is C18H23ClN2O3. The largest absolute Gasteiger partial charge is 0.493 e. The molecule has 0 saturated carbocycles. The van der Waals surface area contributed by atoms with Crippen LogP contribution in [-0.2, 0) is 6.42 Å². The number of amides is 1. The number of halogens is 1. The predicted molar refractivity (Wildman–Crippen MR) is 98.3 cm³/mol. The Morgan fingerprint density at radius 1 is 1.12 bits per heavy atom. The van der Waals surface area contributed by atoms with Gasteiger partial charge in [0.2, 0.25) is 0 Å². The molecule has 0 aliphatic heterocycles. The second-order valence-corrected chi connectivity index (χ2v) is 5.36. The zero-order chi connectivity index (χ0) is 16.8. The third-order valence-electron chi connectivity index (χ3n) is 3.57. The maximum atomic E-state index is 12.3. The van der Waals surface area contributed by atoms with E-state index >= 15 is 0 Å². The number of hydrogen-bond acceptors (Lipinski definition) is 4. The van der Waals surface area contributed by atoms with Gasteiger partial charge in [-0.3, -0.25) is 4.79 Å². The van der Waals surface area contributed by atoms with E-state index in [1.54, 1.807) is 38.5 Å². The third-order valence-corrected chi connectivity index (χ3v) is 3.57. The Morgan fingerprint density at radius 2 is 1.79 bits per heavy atom. The van der Waals surface area contributed by atoms with E-state index in [1.165, 1.54) is 0 Å². The lowest BCUT2D eigenvalue weighted by Crippen LogP contribution is -2.34. The minimum atomic E-state index is -0.170. The van der Waals surface area contributed by atoms with Crippen molar-refractivity contribution in [2.24, 2.45) is 0 Å². The Balaban J connectivity index is 0.00000288. The molecule has 0 spiro atoms. The summed E-state index contributed by atoms with van der Waals surface area (Å²) in [6.07, 6.45) is 0.679. The zero-order valence-electron chi connectivity index (χ0n) is 14.0. The SMILES string of the molecule is COc1ccc(CC(C)NC(=O)c2ccccc2N)cc1OC.Cl. The Hall–Kier alpha value is -2.40. The summed E-state index contributed by atoms with van der Waals surface area (Å²) < 4.78 is 10.5. The molecule has 1 unspecified atom stereocenters. The fourth-order valence-corrected chi connectivity index (χ4v) is 2.42. The van der Waals surface area contributed by atoms with Crippen LogP contribution < -0.4 is 20.5 Å². The topological polar surface area (TPSA) is 73.6 Å². The highest BCUT2D eigenvalue weighted by molar-refractivity contribution is 5.99. The van der Waals surface area contributed by atoms with Gasteiger partial charge in [-0.2, -0.15) is 0 Å². The third kappa shape index (κ3) is 4.80. The minimum absolute atomic E-state index is 0. The molecule has 0 bridgehead atoms. The maximum absolute atomic E-state index is 12.3. The summed E-state index contributed by atoms with van der Waals surface area (Å²) in [7, 11) is 3.20. The Morgan fingerprint density at radius 3 is 2.42 bits per heavy atom. The van der Waals surface area contributed by atoms with E-state index in [1.807, 2.05) is 25.1 Å². The molecule has 2 rings (SSSR count). The number of ether oxygens (including phenoxy) is 2. The minimum Gasteiger partial charge on any atom is -0.493 e. The lowest BCUT2D eigenvalue weighted by molar-refractivity contribution is 0.0941. The first kappa shape index (κ1) is 19.6. The van der Waals surface area contributed by atoms with Crippen molar-refractivity contribution in [1.29, 1.82) is 0 Å². The highest BCUT2D eigenvalue weighted by atomic mass is 35.5. The van der Waals surface area contributed by atoms with Gasteiger partial charge in [0.15, 0.2) is 11.5 Å². The molecule has 5 nitrogen and oxygen atoms in total. The molecular weight excluding hydrogens is 328 g/mol. The van der Waals surface area contributed by atoms with Crippen LogP contribution in [0.15, 0.2) is 42.5 Å². The van der Waals surface area contributed by atoms with Gasteiger partial charge in [0.25, 0.3) is 5.91 Å². The highest BCUT2D eigenvalue weighted by Crippen LogP contribution is 2.28. The normalized spacial score (nSPS) is 11.1. The van der Waals surface area contributed by atoms with Crippen LogP contribution in [0.1, 0.15) is 22.8 Å². The number of rotatable bonds is 6. The van der Waals surface area contributed by atoms with Gasteiger partial charge in [-0.05, 0) is 43.2 Å². The van der Waals surface area contributed by atoms with Crippen molar-refractivity contribution in [3.63, 3.8) is 0 Å². The number of hydrogen-bond donors (Lipinski definition) is 2. The van der Waals surface area contributed by atoms with Crippen molar-refractivity contribution >= 4 is 24.0 Å². The number of anilines is 1. The number of benzene rings is 2. The molecule has 0 aliphatic rings. The second-order valence-electron chi connectivity index (χ2n) is 5.36. The van der Waals surface area contributed by atoms with E-state index in [9.17, 15) is 4.79 Å². The lowest BCUT2D eigenvalue weighted by Gasteiger charge is -2.16. The second kappa shape index (κ2) is 9.03. The van der Waals surface area contributed by atoms with Gasteiger partial charge in [0.1, 0.15) is 0 Å². The summed E-state index contributed by atoms with van der Waals surface area (Å²) in [6.45, 7) is 1.95. The summed E-state index contributed by atoms with van der Waals surface area (Å²) in [4.78, 5) is 12.3. The summed E-state index contributed by atoms with van der Waals surface area (Å²) in [6, 6.07) is 12.7. The van der Waals surface area contributed by atoms with Crippen molar-refractivity contribution in [1.82, 2.24) is 5.32 Å². The molecule has 2 aromatic carbocycles. The molecule has 6 heteroatoms. The number of carbonyl (C=O) groups is 1. The van der Waals surface area contributed by atoms with Crippen molar-refractivity contribution in [2.45, 2.75) is 19.4 Å². The van der Waals surface area contributed by atoms with Crippen LogP contribution in [0.4, 0.5) is 5.69 Å². The molecule has 0 heterocycles. The van der Waals surface area contributed by atoms with E-state index in [0.717, 1.165) is 5.56 Å². The number of methoxy groups -OCH3 is 2. The summed E-state index contributed by atoms with van der Waals surface area (Å²) in [5.41, 5.74) is 7.85. The van der Waals surface area contributed by atoms with Gasteiger partial charge >= 0.3 is 0 Å². The number of carbonyl (C=O) groups excluding carboxylic acids is 1. The first-order valence-electron chi connectivity index (χ1n) is 7.41. The van der Waals surface area contributed by atoms with Gasteiger partial charge in [-0.25, -0.2) is 0 Å². The number of nitrogen functional groups attached to an aromatic ring is 1. The highest BCUT2D eigenvalue weighted by Gasteiger charge is 2.13. The zero-order valence-corrected chi connectivity index (χ0v) is 14.9. The molecule has 2 aromatic rings. The number of nitrogens with two attached hydrogens (primary N) is 1. The van der Waals surface area contributed by atoms with Crippen LogP contribution in [0.3, 0.4) is 0 Å². The molecule has 130 valence electrons. The molecule has 0 aromatic heterocycles. The number of para-hydroxylation sites is 1. The molecule has 1 atom stereocenters. The van der Waals surface area contributed by atoms with E-state index in [0.29, 0.717) is 29.2 Å². The van der Waals surface area contributed by atoms with E-state index in [-0.39, 0.29) is 24.4 Å². The average molecular weight is 351 g/mol. The fourth-order valence-electron chi connectivity index (χ4n) is 2.42. The average Bonchev–Trinajstić information content (AvgIpc) is 2.54. The Bertz CT molecular complexity index is 692. The standard InChI is InChI=1S/C18H22N2O3.ClH/c1-12(20-18(21)14-6-4-5-7-15(14)19)10-13-8-9-16(22-2)17(11-13)23-3;/h4-9,11-12H,10,19H2,1-3H3,(H,20,21);1H. The molecule has 0 fully saturated rings. The monoisotopic (exact) mass is 350 g/mol. The summed E-state index contributed by atoms with van der Waals surface area (Å²) in [5.74, 6) is 1.19. The first-order valence-corrected chi connectivity index (χ1v) is 7.41. The predicted octanol–water partition coefficient (Wildman–Crippen LogP) is 3.07. The summed E-state index contributed by atoms with van der Waals surface area (Å²) in [5, 5.41) is 2.96. The molecule has 0 aliphatic carbocycles. The van der Waals surface area contributed by atoms with Crippen LogP contribution in [0, 0.1) is 0 Å². The van der Waals surface area contributed by atoms with Crippen molar-refractivity contribution in [3.8, 4) is 11.5 Å². The lowest BCUT2D eigenvalue weighted by atomic mass is 10.1. The van der Waals surface area contributed by atoms with Crippen LogP contribution in [0.25, 0.3) is 0 Å². The van der Waals surface area contributed by atoms with Crippen LogP contribution in [-0.4, -0.2) is 26.2 Å². The maximum Gasteiger partial charge on any atom is 0.253 e. The van der Waals surface area contributed by atoms with Crippen molar-refractivity contribution in [3.05, 3.63) is 53.6 Å². The molecule has 0 saturated heterocycles. The Labute approximate surface area is 148 Å². The van der Waals surface area contributed by atoms with Gasteiger partial charge in [0, 0.05) is 11.7 Å². The van der Waals surface area contributed by atoms with Crippen LogP contribution in [0.2, 0.25) is 0 Å². The van der Waals surface area contributed by atoms with Crippen LogP contribution in [0.5, 0.6) is 11.5 Å². The van der Waals surface area contributed by atoms with E-state index in [4.69, 9.17) is 15.2 Å². The number of nitrogens with one attached hydrogen (secondary N) is 1. The van der Waals surface area contributed by atoms with Gasteiger partial charge in [0.05, 0.1) is 19.8 Å². The van der Waals surface area contributed by atoms with E-state index < -0.39 is 0 Å². The smallest absolute Gasteiger partial charge is 0.253 e. The molecule has 3 N–H and O–H groups in total. The van der Waals surface area contributed by atoms with Crippen LogP contribution >= 0.6 is 12.4 Å². The Kier molecular flexibility index (Phi) is 7.39. The van der Waals surface area contributed by atoms with Crippen molar-refractivity contribution < 1.29 is 14.3 Å². The fraction of sp³-hybridized carbons (Fsp3) is 0.278. The van der Waals surface area contributed by atoms with E-state index in [2.05, 4.69) is 5.32 Å². The summed E-state index contributed by atoms with van der Waals surface area (Å²) >= 11 is 0. The van der Waals surface area contributed by atoms with Gasteiger partial charge < -0.3 is 20.5 Å².